The monoisotopic (exact) mass is 204 g/mol. The van der Waals surface area contributed by atoms with E-state index in [1.807, 2.05) is 6.07 Å². The van der Waals surface area contributed by atoms with Gasteiger partial charge in [0.2, 0.25) is 0 Å². The Labute approximate surface area is 80.0 Å². The first-order valence-electron chi connectivity index (χ1n) is 3.45. The minimum atomic E-state index is -0.264. The molecular formula is C8H6Cl2O2. The van der Waals surface area contributed by atoms with Crippen LogP contribution in [0.15, 0.2) is 18.2 Å². The van der Waals surface area contributed by atoms with Crippen LogP contribution >= 0.6 is 23.2 Å². The van der Waals surface area contributed by atoms with E-state index < -0.39 is 0 Å². The average Bonchev–Trinajstić information content (AvgIpc) is 1.93. The lowest BCUT2D eigenvalue weighted by Crippen LogP contribution is -2.21. The van der Waals surface area contributed by atoms with Crippen molar-refractivity contribution in [3.8, 4) is 0 Å². The maximum atomic E-state index is 5.80. The molecule has 2 rings (SSSR count). The molecule has 1 heterocycles. The number of ether oxygens (including phenoxy) is 2. The maximum absolute atomic E-state index is 5.80. The van der Waals surface area contributed by atoms with E-state index >= 15 is 0 Å². The molecule has 0 radical (unpaired) electrons. The van der Waals surface area contributed by atoms with Gasteiger partial charge in [0.1, 0.15) is 0 Å². The van der Waals surface area contributed by atoms with Crippen molar-refractivity contribution in [2.45, 2.75) is 6.29 Å². The molecule has 1 saturated heterocycles. The van der Waals surface area contributed by atoms with Gasteiger partial charge in [-0.1, -0.05) is 29.3 Å². The Morgan fingerprint density at radius 3 is 2.42 bits per heavy atom. The van der Waals surface area contributed by atoms with Crippen molar-refractivity contribution in [2.75, 3.05) is 6.79 Å². The Morgan fingerprint density at radius 2 is 1.92 bits per heavy atom. The van der Waals surface area contributed by atoms with Crippen LogP contribution in [-0.4, -0.2) is 6.79 Å². The molecule has 12 heavy (non-hydrogen) atoms. The highest BCUT2D eigenvalue weighted by atomic mass is 35.5. The smallest absolute Gasteiger partial charge is 0.189 e. The second-order valence-corrected chi connectivity index (χ2v) is 3.27. The maximum Gasteiger partial charge on any atom is 0.189 e. The summed E-state index contributed by atoms with van der Waals surface area (Å²) < 4.78 is 10.2. The van der Waals surface area contributed by atoms with E-state index in [2.05, 4.69) is 0 Å². The minimum Gasteiger partial charge on any atom is -0.322 e. The molecule has 1 aromatic carbocycles. The molecule has 0 amide bonds. The van der Waals surface area contributed by atoms with Crippen LogP contribution in [0, 0.1) is 0 Å². The highest BCUT2D eigenvalue weighted by Crippen LogP contribution is 2.30. The predicted octanol–water partition coefficient (Wildman–Crippen LogP) is 3.00. The van der Waals surface area contributed by atoms with E-state index in [1.165, 1.54) is 0 Å². The van der Waals surface area contributed by atoms with Crippen molar-refractivity contribution in [2.24, 2.45) is 0 Å². The fraction of sp³-hybridized carbons (Fsp3) is 0.250. The van der Waals surface area contributed by atoms with Gasteiger partial charge in [0.15, 0.2) is 13.1 Å². The van der Waals surface area contributed by atoms with Gasteiger partial charge in [0.25, 0.3) is 0 Å². The van der Waals surface area contributed by atoms with E-state index in [0.29, 0.717) is 16.8 Å². The van der Waals surface area contributed by atoms with E-state index in [4.69, 9.17) is 32.7 Å². The summed E-state index contributed by atoms with van der Waals surface area (Å²) in [4.78, 5) is 0. The number of halogens is 2. The van der Waals surface area contributed by atoms with Crippen LogP contribution < -0.4 is 0 Å². The SMILES string of the molecule is Clc1ccc(C2OCO2)cc1Cl. The summed E-state index contributed by atoms with van der Waals surface area (Å²) in [6.07, 6.45) is -0.264. The number of hydrogen-bond acceptors (Lipinski definition) is 2. The molecule has 1 aliphatic heterocycles. The summed E-state index contributed by atoms with van der Waals surface area (Å²) in [5.41, 5.74) is 0.899. The molecule has 0 N–H and O–H groups in total. The van der Waals surface area contributed by atoms with E-state index in [9.17, 15) is 0 Å². The number of benzene rings is 1. The Morgan fingerprint density at radius 1 is 1.17 bits per heavy atom. The van der Waals surface area contributed by atoms with Crippen molar-refractivity contribution in [1.82, 2.24) is 0 Å². The number of rotatable bonds is 1. The molecule has 0 bridgehead atoms. The topological polar surface area (TPSA) is 18.5 Å². The second-order valence-electron chi connectivity index (χ2n) is 2.46. The van der Waals surface area contributed by atoms with Crippen LogP contribution in [0.1, 0.15) is 11.9 Å². The first-order valence-corrected chi connectivity index (χ1v) is 4.21. The zero-order valence-corrected chi connectivity index (χ0v) is 7.60. The summed E-state index contributed by atoms with van der Waals surface area (Å²) in [7, 11) is 0. The summed E-state index contributed by atoms with van der Waals surface area (Å²) >= 11 is 11.5. The first kappa shape index (κ1) is 8.32. The molecule has 0 atom stereocenters. The zero-order chi connectivity index (χ0) is 8.55. The molecule has 1 aliphatic rings. The van der Waals surface area contributed by atoms with E-state index in [-0.39, 0.29) is 6.29 Å². The molecule has 0 spiro atoms. The van der Waals surface area contributed by atoms with Crippen LogP contribution in [0.25, 0.3) is 0 Å². The van der Waals surface area contributed by atoms with Crippen molar-refractivity contribution >= 4 is 23.2 Å². The van der Waals surface area contributed by atoms with Crippen LogP contribution in [0.5, 0.6) is 0 Å². The second kappa shape index (κ2) is 3.23. The van der Waals surface area contributed by atoms with Gasteiger partial charge >= 0.3 is 0 Å². The first-order chi connectivity index (χ1) is 5.77. The third kappa shape index (κ3) is 1.43. The van der Waals surface area contributed by atoms with Crippen molar-refractivity contribution in [3.05, 3.63) is 33.8 Å². The molecule has 0 unspecified atom stereocenters. The van der Waals surface area contributed by atoms with Gasteiger partial charge in [-0.3, -0.25) is 0 Å². The van der Waals surface area contributed by atoms with Crippen LogP contribution in [0.3, 0.4) is 0 Å². The molecule has 1 aromatic rings. The lowest BCUT2D eigenvalue weighted by atomic mass is 10.2. The van der Waals surface area contributed by atoms with Gasteiger partial charge in [0, 0.05) is 5.56 Å². The average molecular weight is 205 g/mol. The Kier molecular flexibility index (Phi) is 2.24. The zero-order valence-electron chi connectivity index (χ0n) is 6.09. The summed E-state index contributed by atoms with van der Waals surface area (Å²) in [6.45, 7) is 0.352. The highest BCUT2D eigenvalue weighted by molar-refractivity contribution is 6.42. The third-order valence-electron chi connectivity index (χ3n) is 1.65. The normalized spacial score (nSPS) is 17.5. The fourth-order valence-electron chi connectivity index (χ4n) is 0.988. The van der Waals surface area contributed by atoms with Gasteiger partial charge in [-0.2, -0.15) is 0 Å². The number of hydrogen-bond donors (Lipinski definition) is 0. The van der Waals surface area contributed by atoms with Gasteiger partial charge in [-0.25, -0.2) is 0 Å². The molecule has 64 valence electrons. The molecule has 0 aliphatic carbocycles. The van der Waals surface area contributed by atoms with Crippen molar-refractivity contribution in [1.29, 1.82) is 0 Å². The van der Waals surface area contributed by atoms with Crippen molar-refractivity contribution in [3.63, 3.8) is 0 Å². The van der Waals surface area contributed by atoms with Crippen LogP contribution in [-0.2, 0) is 9.47 Å². The highest BCUT2D eigenvalue weighted by Gasteiger charge is 2.21. The van der Waals surface area contributed by atoms with Crippen LogP contribution in [0.4, 0.5) is 0 Å². The molecule has 0 aromatic heterocycles. The Hall–Kier alpha value is -0.280. The lowest BCUT2D eigenvalue weighted by molar-refractivity contribution is -0.326. The Balaban J connectivity index is 2.27. The molecule has 4 heteroatoms. The van der Waals surface area contributed by atoms with Gasteiger partial charge < -0.3 is 9.47 Å². The lowest BCUT2D eigenvalue weighted by Gasteiger charge is -2.27. The Bertz CT molecular complexity index is 297. The molecule has 0 saturated carbocycles. The standard InChI is InChI=1S/C8H6Cl2O2/c9-6-2-1-5(3-7(6)10)8-11-4-12-8/h1-3,8H,4H2. The molecule has 2 nitrogen and oxygen atoms in total. The molecule has 1 fully saturated rings. The van der Waals surface area contributed by atoms with E-state index in [0.717, 1.165) is 5.56 Å². The fourth-order valence-corrected chi connectivity index (χ4v) is 1.29. The minimum absolute atomic E-state index is 0.264. The van der Waals surface area contributed by atoms with E-state index in [1.54, 1.807) is 12.1 Å². The van der Waals surface area contributed by atoms with Gasteiger partial charge in [0.05, 0.1) is 10.0 Å². The summed E-state index contributed by atoms with van der Waals surface area (Å²) in [6, 6.07) is 5.30. The van der Waals surface area contributed by atoms with Gasteiger partial charge in [-0.15, -0.1) is 0 Å². The van der Waals surface area contributed by atoms with Gasteiger partial charge in [-0.05, 0) is 12.1 Å². The summed E-state index contributed by atoms with van der Waals surface area (Å²) in [5, 5.41) is 1.06. The largest absolute Gasteiger partial charge is 0.322 e. The van der Waals surface area contributed by atoms with Crippen molar-refractivity contribution < 1.29 is 9.47 Å². The quantitative estimate of drug-likeness (QED) is 0.701. The summed E-state index contributed by atoms with van der Waals surface area (Å²) in [5.74, 6) is 0. The molecular weight excluding hydrogens is 199 g/mol. The van der Waals surface area contributed by atoms with Crippen LogP contribution in [0.2, 0.25) is 10.0 Å². The predicted molar refractivity (Wildman–Crippen MR) is 46.2 cm³/mol. The third-order valence-corrected chi connectivity index (χ3v) is 2.39.